The molecule has 0 saturated carbocycles. The van der Waals surface area contributed by atoms with E-state index in [2.05, 4.69) is 10.6 Å². The van der Waals surface area contributed by atoms with Gasteiger partial charge in [-0.1, -0.05) is 24.3 Å². The molecule has 0 unspecified atom stereocenters. The molecule has 0 fully saturated rings. The lowest BCUT2D eigenvalue weighted by Gasteiger charge is -2.05. The summed E-state index contributed by atoms with van der Waals surface area (Å²) >= 11 is 0. The van der Waals surface area contributed by atoms with E-state index in [1.54, 1.807) is 43.5 Å². The maximum absolute atomic E-state index is 11.6. The minimum Gasteiger partial charge on any atom is -0.691 e. The first-order chi connectivity index (χ1) is 8.79. The fourth-order valence-electron chi connectivity index (χ4n) is 1.41. The third-order valence-corrected chi connectivity index (χ3v) is 2.32. The van der Waals surface area contributed by atoms with Gasteiger partial charge in [0.1, 0.15) is 5.75 Å². The molecular weight excluding hydrogens is 230 g/mol. The Bertz CT molecular complexity index is 541. The number of nitrogens with zero attached hydrogens (tertiary/aromatic N) is 2. The number of ether oxygens (including phenoxy) is 1. The lowest BCUT2D eigenvalue weighted by atomic mass is 10.3. The molecule has 0 aliphatic rings. The molecule has 0 aliphatic carbocycles. The first-order valence-corrected chi connectivity index (χ1v) is 5.42. The van der Waals surface area contributed by atoms with Gasteiger partial charge in [0.15, 0.2) is 11.4 Å². The second kappa shape index (κ2) is 5.67. The van der Waals surface area contributed by atoms with Crippen LogP contribution in [-0.2, 0) is 0 Å². The molecule has 5 nitrogen and oxygen atoms in total. The maximum Gasteiger partial charge on any atom is 0.154 e. The SMILES string of the molecule is COc1cccc(N/N=[N+](\[O-])c2ccccc2)c1. The molecule has 0 heterocycles. The summed E-state index contributed by atoms with van der Waals surface area (Å²) in [6.45, 7) is 0. The molecule has 0 bridgehead atoms. The highest BCUT2D eigenvalue weighted by atomic mass is 16.5. The van der Waals surface area contributed by atoms with Crippen molar-refractivity contribution in [2.45, 2.75) is 0 Å². The summed E-state index contributed by atoms with van der Waals surface area (Å²) in [5, 5.41) is 15.3. The zero-order chi connectivity index (χ0) is 12.8. The van der Waals surface area contributed by atoms with E-state index in [1.165, 1.54) is 0 Å². The number of methoxy groups -OCH3 is 1. The van der Waals surface area contributed by atoms with Gasteiger partial charge in [-0.2, -0.15) is 0 Å². The van der Waals surface area contributed by atoms with Gasteiger partial charge in [0.2, 0.25) is 0 Å². The fourth-order valence-corrected chi connectivity index (χ4v) is 1.41. The molecule has 18 heavy (non-hydrogen) atoms. The summed E-state index contributed by atoms with van der Waals surface area (Å²) in [4.78, 5) is 0.527. The number of hydrogen-bond donors (Lipinski definition) is 1. The highest BCUT2D eigenvalue weighted by Crippen LogP contribution is 2.17. The van der Waals surface area contributed by atoms with Gasteiger partial charge in [0.25, 0.3) is 0 Å². The van der Waals surface area contributed by atoms with Crippen LogP contribution in [0.3, 0.4) is 0 Å². The van der Waals surface area contributed by atoms with Gasteiger partial charge in [-0.05, 0) is 24.3 Å². The van der Waals surface area contributed by atoms with E-state index >= 15 is 0 Å². The minimum absolute atomic E-state index is 0.466. The van der Waals surface area contributed by atoms with Gasteiger partial charge in [-0.15, -0.1) is 10.3 Å². The van der Waals surface area contributed by atoms with Gasteiger partial charge in [-0.25, -0.2) is 0 Å². The molecule has 2 rings (SSSR count). The summed E-state index contributed by atoms with van der Waals surface area (Å²) in [7, 11) is 1.58. The highest BCUT2D eigenvalue weighted by molar-refractivity contribution is 5.47. The van der Waals surface area contributed by atoms with Crippen LogP contribution in [-0.4, -0.2) is 12.0 Å². The van der Waals surface area contributed by atoms with Crippen LogP contribution in [0, 0.1) is 5.21 Å². The molecule has 2 aromatic rings. The van der Waals surface area contributed by atoms with Crippen molar-refractivity contribution in [1.82, 2.24) is 0 Å². The molecule has 0 radical (unpaired) electrons. The van der Waals surface area contributed by atoms with Crippen LogP contribution in [0.5, 0.6) is 5.75 Å². The second-order valence-electron chi connectivity index (χ2n) is 3.55. The summed E-state index contributed by atoms with van der Waals surface area (Å²) in [6, 6.07) is 15.9. The topological polar surface area (TPSA) is 59.7 Å². The first-order valence-electron chi connectivity index (χ1n) is 5.42. The average Bonchev–Trinajstić information content (AvgIpc) is 2.46. The molecule has 1 N–H and O–H groups in total. The summed E-state index contributed by atoms with van der Waals surface area (Å²) in [5.41, 5.74) is 3.83. The minimum atomic E-state index is 0.466. The Labute approximate surface area is 105 Å². The lowest BCUT2D eigenvalue weighted by Crippen LogP contribution is -1.97. The van der Waals surface area contributed by atoms with E-state index in [4.69, 9.17) is 4.74 Å². The van der Waals surface area contributed by atoms with E-state index in [-0.39, 0.29) is 0 Å². The van der Waals surface area contributed by atoms with Crippen LogP contribution >= 0.6 is 0 Å². The molecule has 0 spiro atoms. The first kappa shape index (κ1) is 11.9. The third-order valence-electron chi connectivity index (χ3n) is 2.32. The number of rotatable bonds is 4. The Morgan fingerprint density at radius 1 is 1.11 bits per heavy atom. The standard InChI is InChI=1S/C13H13N3O2/c1-18-13-9-5-6-11(10-13)14-15-16(17)12-7-3-2-4-8-12/h2-10,14H,1H3/b16-15-. The number of nitrogens with one attached hydrogen (secondary N) is 1. The van der Waals surface area contributed by atoms with Gasteiger partial charge in [0, 0.05) is 6.07 Å². The van der Waals surface area contributed by atoms with Gasteiger partial charge in [-0.3, -0.25) is 0 Å². The fraction of sp³-hybridized carbons (Fsp3) is 0.0769. The molecule has 0 atom stereocenters. The molecule has 0 saturated heterocycles. The van der Waals surface area contributed by atoms with Crippen LogP contribution in [0.2, 0.25) is 0 Å². The van der Waals surface area contributed by atoms with E-state index in [1.807, 2.05) is 18.2 Å². The number of benzene rings is 2. The van der Waals surface area contributed by atoms with Gasteiger partial charge < -0.3 is 9.94 Å². The average molecular weight is 243 g/mol. The van der Waals surface area contributed by atoms with Crippen LogP contribution < -0.4 is 10.2 Å². The van der Waals surface area contributed by atoms with Crippen LogP contribution in [0.1, 0.15) is 0 Å². The molecule has 2 aromatic carbocycles. The highest BCUT2D eigenvalue weighted by Gasteiger charge is 2.00. The van der Waals surface area contributed by atoms with Crippen molar-refractivity contribution in [2.24, 2.45) is 5.22 Å². The van der Waals surface area contributed by atoms with E-state index in [0.717, 1.165) is 0 Å². The van der Waals surface area contributed by atoms with Crippen molar-refractivity contribution < 1.29 is 9.60 Å². The zero-order valence-electron chi connectivity index (χ0n) is 9.91. The quantitative estimate of drug-likeness (QED) is 0.509. The van der Waals surface area contributed by atoms with Crippen LogP contribution in [0.25, 0.3) is 0 Å². The smallest absolute Gasteiger partial charge is 0.154 e. The monoisotopic (exact) mass is 243 g/mol. The molecule has 0 amide bonds. The Balaban J connectivity index is 2.10. The third kappa shape index (κ3) is 2.98. The zero-order valence-corrected chi connectivity index (χ0v) is 9.91. The van der Waals surface area contributed by atoms with Crippen LogP contribution in [0.4, 0.5) is 11.4 Å². The normalized spacial score (nSPS) is 11.1. The molecule has 0 aliphatic heterocycles. The molecule has 92 valence electrons. The largest absolute Gasteiger partial charge is 0.691 e. The van der Waals surface area contributed by atoms with Gasteiger partial charge >= 0.3 is 0 Å². The molecule has 5 heteroatoms. The van der Waals surface area contributed by atoms with Crippen LogP contribution in [0.15, 0.2) is 59.8 Å². The van der Waals surface area contributed by atoms with Crippen molar-refractivity contribution in [3.8, 4) is 5.75 Å². The van der Waals surface area contributed by atoms with Crippen molar-refractivity contribution >= 4 is 11.4 Å². The van der Waals surface area contributed by atoms with E-state index in [0.29, 0.717) is 22.0 Å². The summed E-state index contributed by atoms with van der Waals surface area (Å²) in [6.07, 6.45) is 0. The predicted octanol–water partition coefficient (Wildman–Crippen LogP) is 3.32. The Kier molecular flexibility index (Phi) is 3.76. The summed E-state index contributed by atoms with van der Waals surface area (Å²) in [5.74, 6) is 0.701. The Morgan fingerprint density at radius 3 is 2.61 bits per heavy atom. The van der Waals surface area contributed by atoms with Crippen molar-refractivity contribution in [3.63, 3.8) is 0 Å². The molecule has 0 aromatic heterocycles. The van der Waals surface area contributed by atoms with Crippen molar-refractivity contribution in [1.29, 1.82) is 0 Å². The maximum atomic E-state index is 11.6. The number of hydrogen-bond acceptors (Lipinski definition) is 3. The summed E-state index contributed by atoms with van der Waals surface area (Å²) < 4.78 is 5.07. The number of para-hydroxylation sites is 1. The van der Waals surface area contributed by atoms with Gasteiger partial charge in [0.05, 0.1) is 12.3 Å². The predicted molar refractivity (Wildman–Crippen MR) is 68.8 cm³/mol. The number of anilines is 1. The van der Waals surface area contributed by atoms with Crippen molar-refractivity contribution in [3.05, 3.63) is 59.8 Å². The molecular formula is C13H13N3O2. The Morgan fingerprint density at radius 2 is 1.89 bits per heavy atom. The Hall–Kier alpha value is -2.56. The van der Waals surface area contributed by atoms with E-state index < -0.39 is 0 Å². The lowest BCUT2D eigenvalue weighted by molar-refractivity contribution is -0.439. The second-order valence-corrected chi connectivity index (χ2v) is 3.55. The van der Waals surface area contributed by atoms with Crippen molar-refractivity contribution in [2.75, 3.05) is 12.5 Å². The van der Waals surface area contributed by atoms with E-state index in [9.17, 15) is 5.21 Å².